The Morgan fingerprint density at radius 1 is 1.18 bits per heavy atom. The number of sulfonamides is 1. The Labute approximate surface area is 98.9 Å². The maximum Gasteiger partial charge on any atom is 0.262 e. The van der Waals surface area contributed by atoms with Gasteiger partial charge in [0.05, 0.1) is 10.6 Å². The zero-order valence-corrected chi connectivity index (χ0v) is 9.79. The Morgan fingerprint density at radius 3 is 2.76 bits per heavy atom. The molecule has 0 aromatic heterocycles. The standard InChI is InChI=1S/C12H11NO3S/c14-7-6-8-4-5-11-12-9(8)2-1-3-10(12)13-17(11,15)16/h1-5,13-14H,6-7H2. The summed E-state index contributed by atoms with van der Waals surface area (Å²) in [6.07, 6.45) is 0.528. The summed E-state index contributed by atoms with van der Waals surface area (Å²) in [6.45, 7) is 0.0544. The van der Waals surface area contributed by atoms with Crippen molar-refractivity contribution in [3.05, 3.63) is 35.9 Å². The maximum atomic E-state index is 11.8. The summed E-state index contributed by atoms with van der Waals surface area (Å²) in [4.78, 5) is 0.324. The van der Waals surface area contributed by atoms with Crippen molar-refractivity contribution < 1.29 is 13.5 Å². The van der Waals surface area contributed by atoms with Crippen molar-refractivity contribution in [1.29, 1.82) is 0 Å². The first kappa shape index (κ1) is 10.6. The lowest BCUT2D eigenvalue weighted by Gasteiger charge is -2.05. The van der Waals surface area contributed by atoms with Crippen molar-refractivity contribution in [2.75, 3.05) is 11.3 Å². The highest BCUT2D eigenvalue weighted by atomic mass is 32.2. The largest absolute Gasteiger partial charge is 0.396 e. The molecule has 1 heterocycles. The molecule has 0 saturated heterocycles. The molecule has 0 fully saturated rings. The number of benzene rings is 2. The van der Waals surface area contributed by atoms with E-state index in [2.05, 4.69) is 4.72 Å². The van der Waals surface area contributed by atoms with Crippen LogP contribution in [0.25, 0.3) is 10.8 Å². The van der Waals surface area contributed by atoms with Gasteiger partial charge in [-0.1, -0.05) is 18.2 Å². The lowest BCUT2D eigenvalue weighted by molar-refractivity contribution is 0.300. The van der Waals surface area contributed by atoms with Gasteiger partial charge in [-0.2, -0.15) is 0 Å². The second kappa shape index (κ2) is 3.45. The van der Waals surface area contributed by atoms with Crippen molar-refractivity contribution in [3.63, 3.8) is 0 Å². The van der Waals surface area contributed by atoms with Crippen LogP contribution in [-0.4, -0.2) is 20.1 Å². The topological polar surface area (TPSA) is 66.4 Å². The number of hydrogen-bond donors (Lipinski definition) is 2. The summed E-state index contributed by atoms with van der Waals surface area (Å²) in [7, 11) is -3.40. The van der Waals surface area contributed by atoms with Gasteiger partial charge in [0.2, 0.25) is 0 Å². The molecule has 17 heavy (non-hydrogen) atoms. The molecule has 0 radical (unpaired) electrons. The van der Waals surface area contributed by atoms with Gasteiger partial charge in [-0.05, 0) is 29.5 Å². The summed E-state index contributed by atoms with van der Waals surface area (Å²) in [5, 5.41) is 10.6. The summed E-state index contributed by atoms with van der Waals surface area (Å²) in [5.74, 6) is 0. The van der Waals surface area contributed by atoms with Gasteiger partial charge in [0, 0.05) is 12.0 Å². The number of nitrogens with one attached hydrogen (secondary N) is 1. The lowest BCUT2D eigenvalue weighted by atomic mass is 10.0. The zero-order valence-electron chi connectivity index (χ0n) is 8.97. The van der Waals surface area contributed by atoms with Crippen LogP contribution in [-0.2, 0) is 16.4 Å². The van der Waals surface area contributed by atoms with E-state index in [1.807, 2.05) is 12.1 Å². The van der Waals surface area contributed by atoms with Crippen LogP contribution in [0.15, 0.2) is 35.2 Å². The van der Waals surface area contributed by atoms with Crippen LogP contribution in [0, 0.1) is 0 Å². The molecule has 2 aromatic carbocycles. The number of anilines is 1. The van der Waals surface area contributed by atoms with Crippen LogP contribution in [0.3, 0.4) is 0 Å². The third-order valence-electron chi connectivity index (χ3n) is 3.01. The fraction of sp³-hybridized carbons (Fsp3) is 0.167. The van der Waals surface area contributed by atoms with Crippen molar-refractivity contribution in [1.82, 2.24) is 0 Å². The predicted molar refractivity (Wildman–Crippen MR) is 65.5 cm³/mol. The molecule has 5 heteroatoms. The second-order valence-corrected chi connectivity index (χ2v) is 5.68. The van der Waals surface area contributed by atoms with Gasteiger partial charge in [-0.15, -0.1) is 0 Å². The van der Waals surface area contributed by atoms with Gasteiger partial charge in [0.1, 0.15) is 0 Å². The Bertz CT molecular complexity index is 707. The highest BCUT2D eigenvalue weighted by Crippen LogP contribution is 2.38. The first-order chi connectivity index (χ1) is 8.13. The van der Waals surface area contributed by atoms with Gasteiger partial charge in [0.25, 0.3) is 10.0 Å². The lowest BCUT2D eigenvalue weighted by Crippen LogP contribution is -2.06. The van der Waals surface area contributed by atoms with Crippen molar-refractivity contribution in [3.8, 4) is 0 Å². The van der Waals surface area contributed by atoms with Gasteiger partial charge in [-0.25, -0.2) is 8.42 Å². The van der Waals surface area contributed by atoms with E-state index in [0.29, 0.717) is 17.0 Å². The molecule has 2 N–H and O–H groups in total. The van der Waals surface area contributed by atoms with Crippen LogP contribution >= 0.6 is 0 Å². The quantitative estimate of drug-likeness (QED) is 0.847. The molecule has 0 aliphatic carbocycles. The Kier molecular flexibility index (Phi) is 2.14. The molecule has 0 spiro atoms. The number of hydrogen-bond acceptors (Lipinski definition) is 3. The smallest absolute Gasteiger partial charge is 0.262 e. The minimum absolute atomic E-state index is 0.0544. The first-order valence-corrected chi connectivity index (χ1v) is 6.80. The fourth-order valence-electron chi connectivity index (χ4n) is 2.28. The van der Waals surface area contributed by atoms with E-state index in [1.165, 1.54) is 0 Å². The molecule has 0 unspecified atom stereocenters. The van der Waals surface area contributed by atoms with Crippen molar-refractivity contribution >= 4 is 26.5 Å². The van der Waals surface area contributed by atoms with E-state index in [0.717, 1.165) is 16.3 Å². The third kappa shape index (κ3) is 1.43. The molecular weight excluding hydrogens is 238 g/mol. The third-order valence-corrected chi connectivity index (χ3v) is 4.42. The van der Waals surface area contributed by atoms with Crippen LogP contribution in [0.5, 0.6) is 0 Å². The maximum absolute atomic E-state index is 11.8. The van der Waals surface area contributed by atoms with E-state index in [9.17, 15) is 8.42 Å². The molecule has 88 valence electrons. The minimum Gasteiger partial charge on any atom is -0.396 e. The highest BCUT2D eigenvalue weighted by molar-refractivity contribution is 7.93. The van der Waals surface area contributed by atoms with Crippen molar-refractivity contribution in [2.45, 2.75) is 11.3 Å². The highest BCUT2D eigenvalue weighted by Gasteiger charge is 2.27. The van der Waals surface area contributed by atoms with Crippen LogP contribution < -0.4 is 4.72 Å². The van der Waals surface area contributed by atoms with E-state index in [4.69, 9.17) is 5.11 Å². The summed E-state index contributed by atoms with van der Waals surface area (Å²) in [6, 6.07) is 8.82. The molecule has 2 aromatic rings. The Morgan fingerprint density at radius 2 is 2.00 bits per heavy atom. The second-order valence-electron chi connectivity index (χ2n) is 4.03. The average Bonchev–Trinajstić information content (AvgIpc) is 2.55. The number of aliphatic hydroxyl groups excluding tert-OH is 1. The molecule has 0 amide bonds. The van der Waals surface area contributed by atoms with E-state index in [-0.39, 0.29) is 6.61 Å². The van der Waals surface area contributed by atoms with E-state index < -0.39 is 10.0 Å². The van der Waals surface area contributed by atoms with E-state index in [1.54, 1.807) is 18.2 Å². The van der Waals surface area contributed by atoms with Crippen molar-refractivity contribution in [2.24, 2.45) is 0 Å². The minimum atomic E-state index is -3.40. The van der Waals surface area contributed by atoms with Gasteiger partial charge in [0.15, 0.2) is 0 Å². The van der Waals surface area contributed by atoms with Gasteiger partial charge in [-0.3, -0.25) is 4.72 Å². The number of rotatable bonds is 2. The molecule has 1 aliphatic rings. The molecule has 4 nitrogen and oxygen atoms in total. The monoisotopic (exact) mass is 249 g/mol. The molecule has 3 rings (SSSR count). The molecule has 0 bridgehead atoms. The first-order valence-electron chi connectivity index (χ1n) is 5.32. The van der Waals surface area contributed by atoms with Gasteiger partial charge >= 0.3 is 0 Å². The molecule has 0 atom stereocenters. The van der Waals surface area contributed by atoms with Gasteiger partial charge < -0.3 is 5.11 Å². The summed E-state index contributed by atoms with van der Waals surface area (Å²) < 4.78 is 26.2. The molecular formula is C12H11NO3S. The average molecular weight is 249 g/mol. The fourth-order valence-corrected chi connectivity index (χ4v) is 3.59. The van der Waals surface area contributed by atoms with E-state index >= 15 is 0 Å². The normalized spacial score (nSPS) is 16.1. The summed E-state index contributed by atoms with van der Waals surface area (Å²) in [5.41, 5.74) is 1.59. The SMILES string of the molecule is O=S1(=O)Nc2cccc3c(CCO)ccc1c23. The van der Waals surface area contributed by atoms with Crippen LogP contribution in [0.2, 0.25) is 0 Å². The van der Waals surface area contributed by atoms with Crippen LogP contribution in [0.1, 0.15) is 5.56 Å². The zero-order chi connectivity index (χ0) is 12.0. The Hall–Kier alpha value is -1.59. The number of aliphatic hydroxyl groups is 1. The molecule has 0 saturated carbocycles. The van der Waals surface area contributed by atoms with Crippen LogP contribution in [0.4, 0.5) is 5.69 Å². The predicted octanol–water partition coefficient (Wildman–Crippen LogP) is 1.49. The molecule has 1 aliphatic heterocycles. The summed E-state index contributed by atoms with van der Waals surface area (Å²) >= 11 is 0. The Balaban J connectivity index is 2.42.